The highest BCUT2D eigenvalue weighted by molar-refractivity contribution is 5.78. The van der Waals surface area contributed by atoms with Gasteiger partial charge in [0.05, 0.1) is 25.3 Å². The summed E-state index contributed by atoms with van der Waals surface area (Å²) in [6.45, 7) is 3.17. The highest BCUT2D eigenvalue weighted by Gasteiger charge is 2.20. The van der Waals surface area contributed by atoms with Crippen LogP contribution in [0.1, 0.15) is 25.5 Å². The molecule has 0 radical (unpaired) electrons. The third-order valence-electron chi connectivity index (χ3n) is 2.75. The molecule has 2 N–H and O–H groups in total. The van der Waals surface area contributed by atoms with Gasteiger partial charge in [-0.1, -0.05) is 6.92 Å². The van der Waals surface area contributed by atoms with Gasteiger partial charge in [0, 0.05) is 12.5 Å². The van der Waals surface area contributed by atoms with E-state index in [1.807, 2.05) is 13.0 Å². The molecule has 0 fully saturated rings. The van der Waals surface area contributed by atoms with Gasteiger partial charge in [0.2, 0.25) is 5.91 Å². The van der Waals surface area contributed by atoms with Gasteiger partial charge in [0.25, 0.3) is 0 Å². The fourth-order valence-corrected chi connectivity index (χ4v) is 1.73. The topological polar surface area (TPSA) is 83.3 Å². The molecule has 1 aromatic heterocycles. The van der Waals surface area contributed by atoms with E-state index in [2.05, 4.69) is 6.07 Å². The van der Waals surface area contributed by atoms with E-state index in [0.29, 0.717) is 32.5 Å². The number of hydrogen-bond donors (Lipinski definition) is 1. The minimum atomic E-state index is -0.122. The standard InChI is InChI=1S/C13H19N3O2/c1-11(5-7-15)13(17)16(8-3-6-14)10-12-4-2-9-18-12/h2,4,9,11H,3,5,7-8,10,15H2,1H3. The lowest BCUT2D eigenvalue weighted by atomic mass is 10.1. The molecule has 1 heterocycles. The van der Waals surface area contributed by atoms with Crippen LogP contribution in [-0.4, -0.2) is 23.9 Å². The number of hydrogen-bond acceptors (Lipinski definition) is 4. The summed E-state index contributed by atoms with van der Waals surface area (Å²) >= 11 is 0. The van der Waals surface area contributed by atoms with Crippen molar-refractivity contribution in [3.05, 3.63) is 24.2 Å². The van der Waals surface area contributed by atoms with Crippen molar-refractivity contribution >= 4 is 5.91 Å². The molecule has 1 unspecified atom stereocenters. The number of nitrogens with two attached hydrogens (primary N) is 1. The summed E-state index contributed by atoms with van der Waals surface area (Å²) in [7, 11) is 0. The molecule has 1 amide bonds. The van der Waals surface area contributed by atoms with Crippen LogP contribution in [0, 0.1) is 17.2 Å². The van der Waals surface area contributed by atoms with Gasteiger partial charge in [-0.05, 0) is 25.1 Å². The summed E-state index contributed by atoms with van der Waals surface area (Å²) in [5.41, 5.74) is 5.46. The Balaban J connectivity index is 2.65. The fraction of sp³-hybridized carbons (Fsp3) is 0.538. The van der Waals surface area contributed by atoms with Crippen LogP contribution >= 0.6 is 0 Å². The molecule has 1 aromatic rings. The van der Waals surface area contributed by atoms with Gasteiger partial charge in [-0.25, -0.2) is 0 Å². The maximum atomic E-state index is 12.2. The van der Waals surface area contributed by atoms with Crippen molar-refractivity contribution < 1.29 is 9.21 Å². The lowest BCUT2D eigenvalue weighted by molar-refractivity contribution is -0.136. The van der Waals surface area contributed by atoms with E-state index in [-0.39, 0.29) is 11.8 Å². The van der Waals surface area contributed by atoms with Crippen molar-refractivity contribution in [3.8, 4) is 6.07 Å². The van der Waals surface area contributed by atoms with Crippen LogP contribution in [-0.2, 0) is 11.3 Å². The van der Waals surface area contributed by atoms with Crippen molar-refractivity contribution in [1.82, 2.24) is 4.90 Å². The Morgan fingerprint density at radius 3 is 3.00 bits per heavy atom. The zero-order valence-corrected chi connectivity index (χ0v) is 10.6. The SMILES string of the molecule is CC(CCN)C(=O)N(CCC#N)Cc1ccco1. The largest absolute Gasteiger partial charge is 0.467 e. The molecule has 0 saturated carbocycles. The number of nitrogens with zero attached hydrogens (tertiary/aromatic N) is 2. The van der Waals surface area contributed by atoms with E-state index in [0.717, 1.165) is 5.76 Å². The summed E-state index contributed by atoms with van der Waals surface area (Å²) in [6, 6.07) is 5.66. The van der Waals surface area contributed by atoms with Crippen LogP contribution in [0.5, 0.6) is 0 Å². The van der Waals surface area contributed by atoms with Crippen LogP contribution in [0.15, 0.2) is 22.8 Å². The summed E-state index contributed by atoms with van der Waals surface area (Å²) in [5.74, 6) is 0.622. The van der Waals surface area contributed by atoms with Gasteiger partial charge >= 0.3 is 0 Å². The second-order valence-corrected chi connectivity index (χ2v) is 4.23. The Kier molecular flexibility index (Phi) is 5.95. The highest BCUT2D eigenvalue weighted by atomic mass is 16.3. The molecular weight excluding hydrogens is 230 g/mol. The number of carbonyl (C=O) groups excluding carboxylic acids is 1. The maximum Gasteiger partial charge on any atom is 0.225 e. The molecule has 0 aliphatic rings. The van der Waals surface area contributed by atoms with E-state index in [9.17, 15) is 4.79 Å². The lowest BCUT2D eigenvalue weighted by Gasteiger charge is -2.24. The summed E-state index contributed by atoms with van der Waals surface area (Å²) in [5, 5.41) is 8.63. The van der Waals surface area contributed by atoms with E-state index in [4.69, 9.17) is 15.4 Å². The van der Waals surface area contributed by atoms with Crippen LogP contribution in [0.3, 0.4) is 0 Å². The van der Waals surface area contributed by atoms with Crippen molar-refractivity contribution in [2.75, 3.05) is 13.1 Å². The Labute approximate surface area is 107 Å². The first kappa shape index (κ1) is 14.3. The molecule has 5 heteroatoms. The monoisotopic (exact) mass is 249 g/mol. The highest BCUT2D eigenvalue weighted by Crippen LogP contribution is 2.12. The van der Waals surface area contributed by atoms with E-state index < -0.39 is 0 Å². The zero-order valence-electron chi connectivity index (χ0n) is 10.6. The quantitative estimate of drug-likeness (QED) is 0.793. The van der Waals surface area contributed by atoms with Crippen LogP contribution < -0.4 is 5.73 Å². The summed E-state index contributed by atoms with van der Waals surface area (Å²) in [4.78, 5) is 13.8. The van der Waals surface area contributed by atoms with E-state index in [1.54, 1.807) is 17.2 Å². The number of nitriles is 1. The smallest absolute Gasteiger partial charge is 0.225 e. The number of furan rings is 1. The fourth-order valence-electron chi connectivity index (χ4n) is 1.73. The predicted molar refractivity (Wildman–Crippen MR) is 67.2 cm³/mol. The average molecular weight is 249 g/mol. The second kappa shape index (κ2) is 7.51. The van der Waals surface area contributed by atoms with Gasteiger partial charge in [-0.2, -0.15) is 5.26 Å². The number of carbonyl (C=O) groups is 1. The van der Waals surface area contributed by atoms with E-state index in [1.165, 1.54) is 0 Å². The normalized spacial score (nSPS) is 11.8. The second-order valence-electron chi connectivity index (χ2n) is 4.23. The van der Waals surface area contributed by atoms with Crippen molar-refractivity contribution in [2.45, 2.75) is 26.3 Å². The van der Waals surface area contributed by atoms with Crippen molar-refractivity contribution in [3.63, 3.8) is 0 Å². The molecule has 1 rings (SSSR count). The van der Waals surface area contributed by atoms with Gasteiger partial charge in [-0.3, -0.25) is 4.79 Å². The summed E-state index contributed by atoms with van der Waals surface area (Å²) < 4.78 is 5.23. The third-order valence-corrected chi connectivity index (χ3v) is 2.75. The molecule has 0 aliphatic heterocycles. The Morgan fingerprint density at radius 1 is 1.67 bits per heavy atom. The van der Waals surface area contributed by atoms with Crippen molar-refractivity contribution in [2.24, 2.45) is 11.7 Å². The summed E-state index contributed by atoms with van der Waals surface area (Å²) in [6.07, 6.45) is 2.55. The van der Waals surface area contributed by atoms with Crippen molar-refractivity contribution in [1.29, 1.82) is 5.26 Å². The molecule has 0 aliphatic carbocycles. The average Bonchev–Trinajstić information content (AvgIpc) is 2.86. The van der Waals surface area contributed by atoms with Gasteiger partial charge in [-0.15, -0.1) is 0 Å². The Bertz CT molecular complexity index is 395. The predicted octanol–water partition coefficient (Wildman–Crippen LogP) is 1.51. The van der Waals surface area contributed by atoms with Crippen LogP contribution in [0.2, 0.25) is 0 Å². The van der Waals surface area contributed by atoms with Gasteiger partial charge < -0.3 is 15.1 Å². The Morgan fingerprint density at radius 2 is 2.44 bits per heavy atom. The first-order valence-electron chi connectivity index (χ1n) is 6.07. The molecular formula is C13H19N3O2. The lowest BCUT2D eigenvalue weighted by Crippen LogP contribution is -2.36. The molecule has 5 nitrogen and oxygen atoms in total. The first-order valence-corrected chi connectivity index (χ1v) is 6.07. The minimum Gasteiger partial charge on any atom is -0.467 e. The zero-order chi connectivity index (χ0) is 13.4. The molecule has 0 spiro atoms. The molecule has 18 heavy (non-hydrogen) atoms. The molecule has 0 bridgehead atoms. The molecule has 1 atom stereocenters. The minimum absolute atomic E-state index is 0.0205. The van der Waals surface area contributed by atoms with Crippen LogP contribution in [0.25, 0.3) is 0 Å². The maximum absolute atomic E-state index is 12.2. The number of amides is 1. The van der Waals surface area contributed by atoms with Gasteiger partial charge in [0.1, 0.15) is 5.76 Å². The number of rotatable bonds is 7. The molecule has 0 aromatic carbocycles. The van der Waals surface area contributed by atoms with Crippen LogP contribution in [0.4, 0.5) is 0 Å². The van der Waals surface area contributed by atoms with E-state index >= 15 is 0 Å². The van der Waals surface area contributed by atoms with Gasteiger partial charge in [0.15, 0.2) is 0 Å². The molecule has 0 saturated heterocycles. The Hall–Kier alpha value is -1.80. The first-order chi connectivity index (χ1) is 8.69. The third kappa shape index (κ3) is 4.22. The molecule has 98 valence electrons.